The highest BCUT2D eigenvalue weighted by Crippen LogP contribution is 2.21. The molecule has 1 aromatic rings. The van der Waals surface area contributed by atoms with Crippen LogP contribution in [-0.4, -0.2) is 30.5 Å². The normalized spacial score (nSPS) is 14.6. The van der Waals surface area contributed by atoms with Gasteiger partial charge in [-0.3, -0.25) is 0 Å². The van der Waals surface area contributed by atoms with E-state index in [1.54, 1.807) is 0 Å². The van der Waals surface area contributed by atoms with Crippen LogP contribution in [-0.2, 0) is 0 Å². The molecule has 3 heteroatoms. The Labute approximate surface area is 136 Å². The standard InChI is InChI=1S/C19H32O2Si/c1-5-6-8-13-18(20)19(21)15-14-16(2)22(3,4)17-11-9-7-10-12-17/h7,9-12,18-21H,2,5-6,8,13-15H2,1,3-4H3/t18-,19-/m1/s1. The molecule has 0 radical (unpaired) electrons. The molecule has 0 heterocycles. The van der Waals surface area contributed by atoms with Gasteiger partial charge in [0, 0.05) is 0 Å². The van der Waals surface area contributed by atoms with Gasteiger partial charge in [-0.1, -0.05) is 80.0 Å². The Kier molecular flexibility index (Phi) is 8.08. The van der Waals surface area contributed by atoms with Gasteiger partial charge < -0.3 is 10.2 Å². The van der Waals surface area contributed by atoms with E-state index in [4.69, 9.17) is 0 Å². The van der Waals surface area contributed by atoms with Crippen LogP contribution in [0.25, 0.3) is 0 Å². The molecular formula is C19H32O2Si. The number of rotatable bonds is 10. The van der Waals surface area contributed by atoms with Crippen LogP contribution in [0.3, 0.4) is 0 Å². The number of benzene rings is 1. The van der Waals surface area contributed by atoms with Gasteiger partial charge in [-0.25, -0.2) is 0 Å². The highest BCUT2D eigenvalue weighted by Gasteiger charge is 2.27. The molecule has 1 rings (SSSR count). The quantitative estimate of drug-likeness (QED) is 0.509. The molecule has 2 N–H and O–H groups in total. The number of unbranched alkanes of at least 4 members (excludes halogenated alkanes) is 2. The monoisotopic (exact) mass is 320 g/mol. The van der Waals surface area contributed by atoms with E-state index in [1.165, 1.54) is 10.4 Å². The third kappa shape index (κ3) is 5.71. The van der Waals surface area contributed by atoms with Gasteiger partial charge in [-0.2, -0.15) is 0 Å². The molecule has 1 aromatic carbocycles. The van der Waals surface area contributed by atoms with Crippen molar-refractivity contribution in [1.29, 1.82) is 0 Å². The van der Waals surface area contributed by atoms with Crippen molar-refractivity contribution in [3.05, 3.63) is 42.1 Å². The lowest BCUT2D eigenvalue weighted by Gasteiger charge is -2.27. The largest absolute Gasteiger partial charge is 0.390 e. The topological polar surface area (TPSA) is 40.5 Å². The van der Waals surface area contributed by atoms with Crippen LogP contribution in [0, 0.1) is 0 Å². The second-order valence-corrected chi connectivity index (χ2v) is 11.3. The number of hydrogen-bond donors (Lipinski definition) is 2. The highest BCUT2D eigenvalue weighted by atomic mass is 28.3. The molecule has 0 amide bonds. The fourth-order valence-electron chi connectivity index (χ4n) is 2.68. The van der Waals surface area contributed by atoms with E-state index in [-0.39, 0.29) is 0 Å². The van der Waals surface area contributed by atoms with Crippen molar-refractivity contribution < 1.29 is 10.2 Å². The molecule has 0 aliphatic carbocycles. The van der Waals surface area contributed by atoms with Gasteiger partial charge in [0.2, 0.25) is 0 Å². The predicted molar refractivity (Wildman–Crippen MR) is 98.1 cm³/mol. The van der Waals surface area contributed by atoms with Gasteiger partial charge in [-0.15, -0.1) is 6.58 Å². The third-order valence-electron chi connectivity index (χ3n) is 4.67. The van der Waals surface area contributed by atoms with Crippen LogP contribution in [0.5, 0.6) is 0 Å². The zero-order valence-electron chi connectivity index (χ0n) is 14.4. The Morgan fingerprint density at radius 2 is 1.64 bits per heavy atom. The van der Waals surface area contributed by atoms with E-state index < -0.39 is 20.3 Å². The van der Waals surface area contributed by atoms with Crippen LogP contribution in [0.2, 0.25) is 13.1 Å². The lowest BCUT2D eigenvalue weighted by Crippen LogP contribution is -2.43. The molecule has 0 saturated heterocycles. The first kappa shape index (κ1) is 19.1. The first-order chi connectivity index (χ1) is 10.4. The Morgan fingerprint density at radius 3 is 2.23 bits per heavy atom. The molecule has 2 nitrogen and oxygen atoms in total. The Balaban J connectivity index is 2.48. The van der Waals surface area contributed by atoms with E-state index >= 15 is 0 Å². The van der Waals surface area contributed by atoms with Crippen LogP contribution in [0.15, 0.2) is 42.1 Å². The van der Waals surface area contributed by atoms with Gasteiger partial charge >= 0.3 is 0 Å². The maximum Gasteiger partial charge on any atom is 0.106 e. The van der Waals surface area contributed by atoms with Gasteiger partial charge in [0.25, 0.3) is 0 Å². The molecule has 0 saturated carbocycles. The van der Waals surface area contributed by atoms with Crippen molar-refractivity contribution in [2.45, 2.75) is 70.8 Å². The number of aliphatic hydroxyl groups is 2. The van der Waals surface area contributed by atoms with Crippen molar-refractivity contribution in [2.24, 2.45) is 0 Å². The van der Waals surface area contributed by atoms with E-state index in [0.29, 0.717) is 12.8 Å². The highest BCUT2D eigenvalue weighted by molar-refractivity contribution is 6.95. The summed E-state index contributed by atoms with van der Waals surface area (Å²) in [4.78, 5) is 0. The maximum absolute atomic E-state index is 10.1. The second kappa shape index (κ2) is 9.28. The Morgan fingerprint density at radius 1 is 1.05 bits per heavy atom. The number of hydrogen-bond acceptors (Lipinski definition) is 2. The first-order valence-corrected chi connectivity index (χ1v) is 11.5. The summed E-state index contributed by atoms with van der Waals surface area (Å²) in [6.07, 6.45) is 4.10. The summed E-state index contributed by atoms with van der Waals surface area (Å²) in [5.41, 5.74) is 0. The summed E-state index contributed by atoms with van der Waals surface area (Å²) in [7, 11) is -1.70. The minimum Gasteiger partial charge on any atom is -0.390 e. The van der Waals surface area contributed by atoms with Gasteiger partial charge in [0.15, 0.2) is 0 Å². The smallest absolute Gasteiger partial charge is 0.106 e. The van der Waals surface area contributed by atoms with Crippen LogP contribution in [0.1, 0.15) is 45.4 Å². The van der Waals surface area contributed by atoms with E-state index in [0.717, 1.165) is 25.7 Å². The second-order valence-electron chi connectivity index (χ2n) is 6.76. The van der Waals surface area contributed by atoms with Gasteiger partial charge in [-0.05, 0) is 19.3 Å². The van der Waals surface area contributed by atoms with Crippen LogP contribution in [0.4, 0.5) is 0 Å². The average Bonchev–Trinajstić information content (AvgIpc) is 2.53. The molecule has 0 aromatic heterocycles. The summed E-state index contributed by atoms with van der Waals surface area (Å²) in [5.74, 6) is 0. The molecule has 0 bridgehead atoms. The molecule has 0 aliphatic rings. The zero-order valence-corrected chi connectivity index (χ0v) is 15.4. The number of allylic oxidation sites excluding steroid dienone is 1. The van der Waals surface area contributed by atoms with E-state index in [2.05, 4.69) is 50.9 Å². The van der Waals surface area contributed by atoms with Gasteiger partial charge in [0.05, 0.1) is 12.2 Å². The van der Waals surface area contributed by atoms with E-state index in [1.807, 2.05) is 6.07 Å². The lowest BCUT2D eigenvalue weighted by molar-refractivity contribution is 0.00902. The molecule has 0 aliphatic heterocycles. The molecule has 22 heavy (non-hydrogen) atoms. The molecule has 0 fully saturated rings. The fourth-order valence-corrected chi connectivity index (χ4v) is 4.89. The first-order valence-electron chi connectivity index (χ1n) is 8.49. The van der Waals surface area contributed by atoms with Crippen molar-refractivity contribution in [1.82, 2.24) is 0 Å². The fraction of sp³-hybridized carbons (Fsp3) is 0.579. The molecule has 0 unspecified atom stereocenters. The SMILES string of the molecule is C=C(CC[C@@H](O)[C@H](O)CCCCC)[Si](C)(C)c1ccccc1. The summed E-state index contributed by atoms with van der Waals surface area (Å²) in [5, 5.41) is 22.7. The van der Waals surface area contributed by atoms with Crippen LogP contribution < -0.4 is 5.19 Å². The molecule has 0 spiro atoms. The van der Waals surface area contributed by atoms with Crippen LogP contribution >= 0.6 is 0 Å². The summed E-state index contributed by atoms with van der Waals surface area (Å²) < 4.78 is 0. The lowest BCUT2D eigenvalue weighted by atomic mass is 10.0. The van der Waals surface area contributed by atoms with E-state index in [9.17, 15) is 10.2 Å². The summed E-state index contributed by atoms with van der Waals surface area (Å²) in [6, 6.07) is 10.5. The Hall–Kier alpha value is -0.903. The predicted octanol–water partition coefficient (Wildman–Crippen LogP) is 3.78. The molecule has 124 valence electrons. The molecule has 2 atom stereocenters. The van der Waals surface area contributed by atoms with Crippen molar-refractivity contribution in [3.63, 3.8) is 0 Å². The zero-order chi connectivity index (χ0) is 16.6. The maximum atomic E-state index is 10.1. The average molecular weight is 321 g/mol. The minimum atomic E-state index is -1.70. The van der Waals surface area contributed by atoms with Crippen molar-refractivity contribution >= 4 is 13.3 Å². The Bertz CT molecular complexity index is 442. The summed E-state index contributed by atoms with van der Waals surface area (Å²) >= 11 is 0. The minimum absolute atomic E-state index is 0.596. The number of aliphatic hydroxyl groups excluding tert-OH is 2. The van der Waals surface area contributed by atoms with Crippen molar-refractivity contribution in [2.75, 3.05) is 0 Å². The van der Waals surface area contributed by atoms with Gasteiger partial charge in [0.1, 0.15) is 8.07 Å². The van der Waals surface area contributed by atoms with Crippen molar-refractivity contribution in [3.8, 4) is 0 Å². The summed E-state index contributed by atoms with van der Waals surface area (Å²) in [6.45, 7) is 11.0. The third-order valence-corrected chi connectivity index (χ3v) is 8.46. The molecular weight excluding hydrogens is 288 g/mol.